The molecule has 0 aliphatic carbocycles. The molecule has 0 fully saturated rings. The van der Waals surface area contributed by atoms with E-state index in [2.05, 4.69) is 71.9 Å². The summed E-state index contributed by atoms with van der Waals surface area (Å²) in [6, 6.07) is 6.51. The fourth-order valence-corrected chi connectivity index (χ4v) is 2.10. The molecule has 0 heterocycles. The Balaban J connectivity index is 2.55. The molecule has 0 saturated heterocycles. The molecule has 0 radical (unpaired) electrons. The summed E-state index contributed by atoms with van der Waals surface area (Å²) in [5, 5.41) is 0. The molecule has 116 valence electrons. The van der Waals surface area contributed by atoms with Crippen molar-refractivity contribution in [2.45, 2.75) is 60.3 Å². The van der Waals surface area contributed by atoms with Crippen molar-refractivity contribution < 1.29 is 4.74 Å². The molecule has 0 aromatic heterocycles. The highest BCUT2D eigenvalue weighted by Gasteiger charge is 2.04. The van der Waals surface area contributed by atoms with Crippen molar-refractivity contribution in [3.63, 3.8) is 0 Å². The minimum Gasteiger partial charge on any atom is -0.489 e. The van der Waals surface area contributed by atoms with Crippen molar-refractivity contribution in [2.24, 2.45) is 0 Å². The van der Waals surface area contributed by atoms with E-state index in [9.17, 15) is 0 Å². The first-order chi connectivity index (χ1) is 9.90. The van der Waals surface area contributed by atoms with Gasteiger partial charge in [0.15, 0.2) is 0 Å². The molecule has 1 nitrogen and oxygen atoms in total. The molecule has 1 aromatic rings. The van der Waals surface area contributed by atoms with Crippen LogP contribution in [0, 0.1) is 6.92 Å². The van der Waals surface area contributed by atoms with Gasteiger partial charge in [-0.3, -0.25) is 0 Å². The fourth-order valence-electron chi connectivity index (χ4n) is 2.10. The van der Waals surface area contributed by atoms with E-state index in [1.165, 1.54) is 22.3 Å². The Labute approximate surface area is 130 Å². The van der Waals surface area contributed by atoms with Gasteiger partial charge in [0.1, 0.15) is 12.4 Å². The van der Waals surface area contributed by atoms with Gasteiger partial charge < -0.3 is 4.74 Å². The highest BCUT2D eigenvalue weighted by atomic mass is 16.5. The Bertz CT molecular complexity index is 503. The molecule has 0 unspecified atom stereocenters. The summed E-state index contributed by atoms with van der Waals surface area (Å²) < 4.78 is 5.93. The number of hydrogen-bond donors (Lipinski definition) is 0. The van der Waals surface area contributed by atoms with Gasteiger partial charge in [-0.1, -0.05) is 43.2 Å². The minimum atomic E-state index is 0.536. The summed E-state index contributed by atoms with van der Waals surface area (Å²) in [4.78, 5) is 0. The number of benzene rings is 1. The van der Waals surface area contributed by atoms with E-state index in [1.54, 1.807) is 0 Å². The summed E-state index contributed by atoms with van der Waals surface area (Å²) in [5.41, 5.74) is 5.32. The first kappa shape index (κ1) is 17.6. The summed E-state index contributed by atoms with van der Waals surface area (Å²) >= 11 is 0. The largest absolute Gasteiger partial charge is 0.489 e. The maximum Gasteiger partial charge on any atom is 0.122 e. The predicted molar refractivity (Wildman–Crippen MR) is 93.2 cm³/mol. The topological polar surface area (TPSA) is 9.23 Å². The van der Waals surface area contributed by atoms with Crippen LogP contribution in [0.2, 0.25) is 0 Å². The van der Waals surface area contributed by atoms with Crippen LogP contribution in [0.25, 0.3) is 0 Å². The lowest BCUT2D eigenvalue weighted by Crippen LogP contribution is -1.98. The summed E-state index contributed by atoms with van der Waals surface area (Å²) in [6.45, 7) is 13.6. The van der Waals surface area contributed by atoms with Crippen LogP contribution in [0.4, 0.5) is 0 Å². The maximum atomic E-state index is 5.93. The van der Waals surface area contributed by atoms with Crippen LogP contribution in [0.15, 0.2) is 41.5 Å². The van der Waals surface area contributed by atoms with Gasteiger partial charge in [-0.05, 0) is 69.7 Å². The summed E-state index contributed by atoms with van der Waals surface area (Å²) in [7, 11) is 0. The monoisotopic (exact) mass is 286 g/mol. The SMILES string of the molecule is CC(C)=CCC/C(C)=C/COc1cc(C(C)C)ccc1C. The van der Waals surface area contributed by atoms with Crippen molar-refractivity contribution in [3.8, 4) is 5.75 Å². The van der Waals surface area contributed by atoms with Gasteiger partial charge >= 0.3 is 0 Å². The molecular weight excluding hydrogens is 256 g/mol. The number of aryl methyl sites for hydroxylation is 1. The van der Waals surface area contributed by atoms with Gasteiger partial charge in [-0.25, -0.2) is 0 Å². The zero-order chi connectivity index (χ0) is 15.8. The van der Waals surface area contributed by atoms with Crippen molar-refractivity contribution in [1.82, 2.24) is 0 Å². The third kappa shape index (κ3) is 6.66. The molecule has 1 aromatic carbocycles. The van der Waals surface area contributed by atoms with Gasteiger partial charge in [0.05, 0.1) is 0 Å². The molecule has 0 saturated carbocycles. The minimum absolute atomic E-state index is 0.536. The summed E-state index contributed by atoms with van der Waals surface area (Å²) in [6.07, 6.45) is 6.71. The standard InChI is InChI=1S/C20H30O/c1-15(2)8-7-9-17(5)12-13-21-20-14-19(16(3)4)11-10-18(20)6/h8,10-12,14,16H,7,9,13H2,1-6H3/b17-12+. The van der Waals surface area contributed by atoms with E-state index in [1.807, 2.05) is 0 Å². The Morgan fingerprint density at radius 2 is 1.86 bits per heavy atom. The Morgan fingerprint density at radius 1 is 1.14 bits per heavy atom. The predicted octanol–water partition coefficient (Wildman–Crippen LogP) is 6.19. The number of rotatable bonds is 7. The van der Waals surface area contributed by atoms with Gasteiger partial charge in [-0.2, -0.15) is 0 Å². The van der Waals surface area contributed by atoms with E-state index >= 15 is 0 Å². The smallest absolute Gasteiger partial charge is 0.122 e. The molecule has 0 amide bonds. The first-order valence-electron chi connectivity index (χ1n) is 7.92. The molecule has 1 rings (SSSR count). The Hall–Kier alpha value is -1.50. The highest BCUT2D eigenvalue weighted by Crippen LogP contribution is 2.24. The van der Waals surface area contributed by atoms with Crippen molar-refractivity contribution in [3.05, 3.63) is 52.6 Å². The third-order valence-electron chi connectivity index (χ3n) is 3.64. The summed E-state index contributed by atoms with van der Waals surface area (Å²) in [5.74, 6) is 1.55. The van der Waals surface area contributed by atoms with Crippen molar-refractivity contribution in [1.29, 1.82) is 0 Å². The van der Waals surface area contributed by atoms with E-state index < -0.39 is 0 Å². The Morgan fingerprint density at radius 3 is 2.48 bits per heavy atom. The van der Waals surface area contributed by atoms with Crippen LogP contribution in [0.5, 0.6) is 5.75 Å². The van der Waals surface area contributed by atoms with Gasteiger partial charge in [0.2, 0.25) is 0 Å². The molecule has 0 bridgehead atoms. The average molecular weight is 286 g/mol. The van der Waals surface area contributed by atoms with E-state index in [0.29, 0.717) is 12.5 Å². The maximum absolute atomic E-state index is 5.93. The molecule has 0 atom stereocenters. The molecule has 0 aliphatic heterocycles. The van der Waals surface area contributed by atoms with E-state index in [0.717, 1.165) is 18.6 Å². The second-order valence-electron chi connectivity index (χ2n) is 6.36. The quantitative estimate of drug-likeness (QED) is 0.543. The van der Waals surface area contributed by atoms with Crippen LogP contribution >= 0.6 is 0 Å². The van der Waals surface area contributed by atoms with Crippen LogP contribution in [0.3, 0.4) is 0 Å². The van der Waals surface area contributed by atoms with Crippen LogP contribution in [0.1, 0.15) is 64.5 Å². The van der Waals surface area contributed by atoms with E-state index in [4.69, 9.17) is 4.74 Å². The normalized spacial score (nSPS) is 11.7. The lowest BCUT2D eigenvalue weighted by molar-refractivity contribution is 0.358. The van der Waals surface area contributed by atoms with E-state index in [-0.39, 0.29) is 0 Å². The zero-order valence-corrected chi connectivity index (χ0v) is 14.5. The highest BCUT2D eigenvalue weighted by molar-refractivity contribution is 5.37. The lowest BCUT2D eigenvalue weighted by Gasteiger charge is -2.12. The molecule has 21 heavy (non-hydrogen) atoms. The Kier molecular flexibility index (Phi) is 7.28. The van der Waals surface area contributed by atoms with Gasteiger partial charge in [0, 0.05) is 0 Å². The molecule has 0 N–H and O–H groups in total. The number of allylic oxidation sites excluding steroid dienone is 3. The third-order valence-corrected chi connectivity index (χ3v) is 3.64. The van der Waals surface area contributed by atoms with Crippen LogP contribution in [-0.4, -0.2) is 6.61 Å². The second kappa shape index (κ2) is 8.71. The second-order valence-corrected chi connectivity index (χ2v) is 6.36. The van der Waals surface area contributed by atoms with Gasteiger partial charge in [0.25, 0.3) is 0 Å². The molecule has 0 aliphatic rings. The molecular formula is C20H30O. The van der Waals surface area contributed by atoms with Crippen molar-refractivity contribution >= 4 is 0 Å². The zero-order valence-electron chi connectivity index (χ0n) is 14.5. The van der Waals surface area contributed by atoms with Crippen LogP contribution in [-0.2, 0) is 0 Å². The number of hydrogen-bond acceptors (Lipinski definition) is 1. The lowest BCUT2D eigenvalue weighted by atomic mass is 10.0. The van der Waals surface area contributed by atoms with Crippen molar-refractivity contribution in [2.75, 3.05) is 6.61 Å². The van der Waals surface area contributed by atoms with Crippen LogP contribution < -0.4 is 4.74 Å². The fraction of sp³-hybridized carbons (Fsp3) is 0.500. The van der Waals surface area contributed by atoms with Gasteiger partial charge in [-0.15, -0.1) is 0 Å². The first-order valence-corrected chi connectivity index (χ1v) is 7.92. The molecule has 1 heteroatoms. The average Bonchev–Trinajstić information content (AvgIpc) is 2.40. The molecule has 0 spiro atoms. The number of ether oxygens (including phenoxy) is 1.